The second-order valence-electron chi connectivity index (χ2n) is 5.40. The summed E-state index contributed by atoms with van der Waals surface area (Å²) in [6, 6.07) is 1.21. The SMILES string of the molecule is CC(C)CNC(C)CCCNC(C)CCNS. The highest BCUT2D eigenvalue weighted by Crippen LogP contribution is 1.98. The summed E-state index contributed by atoms with van der Waals surface area (Å²) in [7, 11) is 0. The Morgan fingerprint density at radius 3 is 2.12 bits per heavy atom. The first-order valence-corrected chi connectivity index (χ1v) is 7.34. The number of hydrogen-bond donors (Lipinski definition) is 4. The maximum atomic E-state index is 3.99. The van der Waals surface area contributed by atoms with Crippen LogP contribution in [0.15, 0.2) is 0 Å². The van der Waals surface area contributed by atoms with Crippen LogP contribution in [0.3, 0.4) is 0 Å². The van der Waals surface area contributed by atoms with Crippen molar-refractivity contribution in [2.24, 2.45) is 5.92 Å². The zero-order valence-electron chi connectivity index (χ0n) is 11.9. The molecule has 2 unspecified atom stereocenters. The first kappa shape index (κ1) is 17.2. The van der Waals surface area contributed by atoms with Crippen LogP contribution in [0.25, 0.3) is 0 Å². The molecule has 0 spiro atoms. The van der Waals surface area contributed by atoms with Gasteiger partial charge in [0.15, 0.2) is 0 Å². The molecule has 0 fully saturated rings. The van der Waals surface area contributed by atoms with Gasteiger partial charge in [-0.15, -0.1) is 0 Å². The molecule has 104 valence electrons. The normalized spacial score (nSPS) is 15.2. The molecule has 0 aromatic carbocycles. The molecule has 2 atom stereocenters. The van der Waals surface area contributed by atoms with E-state index in [9.17, 15) is 0 Å². The van der Waals surface area contributed by atoms with Gasteiger partial charge < -0.3 is 10.6 Å². The Bertz CT molecular complexity index is 165. The average molecular weight is 261 g/mol. The smallest absolute Gasteiger partial charge is 0.00708 e. The van der Waals surface area contributed by atoms with Crippen LogP contribution in [0.4, 0.5) is 0 Å². The maximum Gasteiger partial charge on any atom is 0.00708 e. The largest absolute Gasteiger partial charge is 0.314 e. The molecule has 0 aliphatic carbocycles. The van der Waals surface area contributed by atoms with Crippen LogP contribution in [-0.4, -0.2) is 31.7 Å². The van der Waals surface area contributed by atoms with Gasteiger partial charge in [-0.05, 0) is 52.1 Å². The molecule has 0 aromatic rings. The van der Waals surface area contributed by atoms with Gasteiger partial charge in [-0.1, -0.05) is 26.7 Å². The number of thiol groups is 1. The quantitative estimate of drug-likeness (QED) is 0.340. The predicted octanol–water partition coefficient (Wildman–Crippen LogP) is 2.20. The van der Waals surface area contributed by atoms with Gasteiger partial charge in [-0.25, -0.2) is 0 Å². The lowest BCUT2D eigenvalue weighted by Gasteiger charge is -2.17. The Kier molecular flexibility index (Phi) is 11.5. The lowest BCUT2D eigenvalue weighted by atomic mass is 10.1. The van der Waals surface area contributed by atoms with E-state index in [1.807, 2.05) is 0 Å². The summed E-state index contributed by atoms with van der Waals surface area (Å²) in [5.74, 6) is 0.740. The van der Waals surface area contributed by atoms with Crippen molar-refractivity contribution in [3.63, 3.8) is 0 Å². The topological polar surface area (TPSA) is 36.1 Å². The Labute approximate surface area is 113 Å². The molecule has 0 bridgehead atoms. The van der Waals surface area contributed by atoms with Crippen molar-refractivity contribution in [3.05, 3.63) is 0 Å². The second kappa shape index (κ2) is 11.3. The van der Waals surface area contributed by atoms with E-state index in [4.69, 9.17) is 0 Å². The van der Waals surface area contributed by atoms with Crippen molar-refractivity contribution in [3.8, 4) is 0 Å². The molecule has 17 heavy (non-hydrogen) atoms. The average Bonchev–Trinajstić information content (AvgIpc) is 2.29. The number of hydrogen-bond acceptors (Lipinski definition) is 4. The van der Waals surface area contributed by atoms with Crippen molar-refractivity contribution in [1.82, 2.24) is 15.4 Å². The summed E-state index contributed by atoms with van der Waals surface area (Å²) >= 11 is 3.99. The lowest BCUT2D eigenvalue weighted by molar-refractivity contribution is 0.436. The molecule has 0 heterocycles. The van der Waals surface area contributed by atoms with Crippen molar-refractivity contribution in [1.29, 1.82) is 0 Å². The van der Waals surface area contributed by atoms with Gasteiger partial charge in [-0.3, -0.25) is 4.72 Å². The standard InChI is InChI=1S/C13H31N3S/c1-11(2)10-15-12(3)6-5-8-14-13(4)7-9-16-17/h11-17H,5-10H2,1-4H3. The minimum absolute atomic E-state index is 0.577. The maximum absolute atomic E-state index is 3.99. The molecule has 0 aliphatic rings. The molecule has 0 aliphatic heterocycles. The Morgan fingerprint density at radius 2 is 1.53 bits per heavy atom. The molecule has 3 nitrogen and oxygen atoms in total. The molecular formula is C13H31N3S. The highest BCUT2D eigenvalue weighted by Gasteiger charge is 2.03. The van der Waals surface area contributed by atoms with E-state index < -0.39 is 0 Å². The van der Waals surface area contributed by atoms with Crippen LogP contribution < -0.4 is 15.4 Å². The third-order valence-corrected chi connectivity index (χ3v) is 3.09. The molecule has 0 rings (SSSR count). The molecule has 0 radical (unpaired) electrons. The first-order chi connectivity index (χ1) is 8.06. The van der Waals surface area contributed by atoms with Crippen LogP contribution in [0.5, 0.6) is 0 Å². The van der Waals surface area contributed by atoms with Crippen molar-refractivity contribution >= 4 is 12.8 Å². The summed E-state index contributed by atoms with van der Waals surface area (Å²) in [5, 5.41) is 7.09. The van der Waals surface area contributed by atoms with Crippen molar-refractivity contribution in [2.75, 3.05) is 19.6 Å². The van der Waals surface area contributed by atoms with E-state index in [1.54, 1.807) is 0 Å². The van der Waals surface area contributed by atoms with E-state index in [2.05, 4.69) is 55.9 Å². The van der Waals surface area contributed by atoms with Gasteiger partial charge in [0, 0.05) is 18.6 Å². The van der Waals surface area contributed by atoms with Crippen LogP contribution >= 0.6 is 12.8 Å². The van der Waals surface area contributed by atoms with E-state index in [0.29, 0.717) is 12.1 Å². The Balaban J connectivity index is 3.31. The summed E-state index contributed by atoms with van der Waals surface area (Å²) < 4.78 is 2.88. The monoisotopic (exact) mass is 261 g/mol. The Hall–Kier alpha value is 0.230. The molecule has 0 saturated carbocycles. The molecule has 0 amide bonds. The van der Waals surface area contributed by atoms with E-state index in [1.165, 1.54) is 12.8 Å². The van der Waals surface area contributed by atoms with Gasteiger partial charge in [0.25, 0.3) is 0 Å². The minimum atomic E-state index is 0.577. The lowest BCUT2D eigenvalue weighted by Crippen LogP contribution is -2.32. The molecule has 3 N–H and O–H groups in total. The number of rotatable bonds is 11. The fourth-order valence-electron chi connectivity index (χ4n) is 1.68. The molecule has 0 saturated heterocycles. The fraction of sp³-hybridized carbons (Fsp3) is 1.00. The van der Waals surface area contributed by atoms with Crippen molar-refractivity contribution in [2.45, 2.75) is 59.0 Å². The van der Waals surface area contributed by atoms with Gasteiger partial charge in [0.1, 0.15) is 0 Å². The second-order valence-corrected chi connectivity index (χ2v) is 5.71. The highest BCUT2D eigenvalue weighted by atomic mass is 32.1. The predicted molar refractivity (Wildman–Crippen MR) is 80.6 cm³/mol. The molecule has 0 aromatic heterocycles. The minimum Gasteiger partial charge on any atom is -0.314 e. The van der Waals surface area contributed by atoms with Crippen molar-refractivity contribution < 1.29 is 0 Å². The van der Waals surface area contributed by atoms with Gasteiger partial charge >= 0.3 is 0 Å². The summed E-state index contributed by atoms with van der Waals surface area (Å²) in [5.41, 5.74) is 0. The fourth-order valence-corrected chi connectivity index (χ4v) is 1.81. The first-order valence-electron chi connectivity index (χ1n) is 6.90. The van der Waals surface area contributed by atoms with E-state index in [0.717, 1.165) is 32.0 Å². The third-order valence-electron chi connectivity index (χ3n) is 2.87. The number of nitrogens with one attached hydrogen (secondary N) is 3. The summed E-state index contributed by atoms with van der Waals surface area (Å²) in [6.45, 7) is 12.2. The van der Waals surface area contributed by atoms with Crippen LogP contribution in [0.2, 0.25) is 0 Å². The van der Waals surface area contributed by atoms with Gasteiger partial charge in [-0.2, -0.15) is 0 Å². The zero-order chi connectivity index (χ0) is 13.1. The third kappa shape index (κ3) is 12.5. The van der Waals surface area contributed by atoms with E-state index in [-0.39, 0.29) is 0 Å². The van der Waals surface area contributed by atoms with E-state index >= 15 is 0 Å². The van der Waals surface area contributed by atoms with Crippen LogP contribution in [0.1, 0.15) is 47.0 Å². The molecular weight excluding hydrogens is 230 g/mol. The van der Waals surface area contributed by atoms with Gasteiger partial charge in [0.2, 0.25) is 0 Å². The van der Waals surface area contributed by atoms with Gasteiger partial charge in [0.05, 0.1) is 0 Å². The summed E-state index contributed by atoms with van der Waals surface area (Å²) in [6.07, 6.45) is 3.62. The van der Waals surface area contributed by atoms with Crippen LogP contribution in [0, 0.1) is 5.92 Å². The Morgan fingerprint density at radius 1 is 0.882 bits per heavy atom. The molecule has 4 heteroatoms. The summed E-state index contributed by atoms with van der Waals surface area (Å²) in [4.78, 5) is 0. The zero-order valence-corrected chi connectivity index (χ0v) is 12.8. The highest BCUT2D eigenvalue weighted by molar-refractivity contribution is 7.78. The van der Waals surface area contributed by atoms with Crippen LogP contribution in [-0.2, 0) is 0 Å².